The molecule has 2 aromatic carbocycles. The predicted octanol–water partition coefficient (Wildman–Crippen LogP) is 3.70. The van der Waals surface area contributed by atoms with Gasteiger partial charge in [0.05, 0.1) is 32.1 Å². The van der Waals surface area contributed by atoms with Crippen LogP contribution in [0.3, 0.4) is 0 Å². The Kier molecular flexibility index (Phi) is 5.74. The molecule has 1 N–H and O–H groups in total. The standard InChI is InChI=1S/C25H28N4O3/c1-15-10-16(2)24(17(3)11-15)27-23-14-20-19-13-22(32-5)21(31-4)12-18(19)6-8-28(20)25(30)29(23)9-7-26/h7,10-14,26H,6,8-9H2,1-5H3. The van der Waals surface area contributed by atoms with Crippen LogP contribution >= 0.6 is 0 Å². The second-order valence-corrected chi connectivity index (χ2v) is 8.11. The molecule has 7 heteroatoms. The van der Waals surface area contributed by atoms with Gasteiger partial charge in [-0.2, -0.15) is 0 Å². The molecule has 7 nitrogen and oxygen atoms in total. The zero-order chi connectivity index (χ0) is 23.0. The number of hydrogen-bond donors (Lipinski definition) is 1. The Balaban J connectivity index is 2.04. The molecule has 3 aromatic rings. The van der Waals surface area contributed by atoms with E-state index in [0.29, 0.717) is 30.0 Å². The van der Waals surface area contributed by atoms with Crippen LogP contribution in [0.2, 0.25) is 0 Å². The maximum Gasteiger partial charge on any atom is 0.330 e. The lowest BCUT2D eigenvalue weighted by Crippen LogP contribution is -2.42. The molecule has 2 heterocycles. The van der Waals surface area contributed by atoms with Gasteiger partial charge in [0.15, 0.2) is 11.5 Å². The Morgan fingerprint density at radius 1 is 1.03 bits per heavy atom. The molecule has 4 rings (SSSR count). The minimum absolute atomic E-state index is 0.167. The van der Waals surface area contributed by atoms with Crippen molar-refractivity contribution in [1.29, 1.82) is 5.41 Å². The normalized spacial score (nSPS) is 12.8. The minimum atomic E-state index is -0.174. The van der Waals surface area contributed by atoms with Crippen molar-refractivity contribution < 1.29 is 9.47 Å². The fraction of sp³-hybridized carbons (Fsp3) is 0.320. The van der Waals surface area contributed by atoms with Gasteiger partial charge >= 0.3 is 5.69 Å². The van der Waals surface area contributed by atoms with E-state index in [4.69, 9.17) is 19.9 Å². The van der Waals surface area contributed by atoms with Gasteiger partial charge in [0.1, 0.15) is 5.49 Å². The van der Waals surface area contributed by atoms with Crippen molar-refractivity contribution in [3.8, 4) is 22.8 Å². The largest absolute Gasteiger partial charge is 0.493 e. The van der Waals surface area contributed by atoms with E-state index in [2.05, 4.69) is 19.1 Å². The first kappa shape index (κ1) is 21.6. The van der Waals surface area contributed by atoms with Gasteiger partial charge in [-0.05, 0) is 56.0 Å². The second kappa shape index (κ2) is 8.49. The first-order chi connectivity index (χ1) is 15.4. The Hall–Kier alpha value is -3.61. The van der Waals surface area contributed by atoms with E-state index >= 15 is 0 Å². The molecule has 0 bridgehead atoms. The zero-order valence-corrected chi connectivity index (χ0v) is 19.2. The number of nitrogens with zero attached hydrogens (tertiary/aromatic N) is 3. The Morgan fingerprint density at radius 3 is 2.31 bits per heavy atom. The van der Waals surface area contributed by atoms with Gasteiger partial charge < -0.3 is 14.9 Å². The van der Waals surface area contributed by atoms with Crippen LogP contribution in [0.1, 0.15) is 22.3 Å². The maximum absolute atomic E-state index is 13.4. The van der Waals surface area contributed by atoms with Crippen molar-refractivity contribution in [3.05, 3.63) is 68.6 Å². The van der Waals surface area contributed by atoms with Crippen LogP contribution in [-0.2, 0) is 19.5 Å². The molecular formula is C25H28N4O3. The van der Waals surface area contributed by atoms with Crippen LogP contribution in [0, 0.1) is 26.2 Å². The van der Waals surface area contributed by atoms with Crippen molar-refractivity contribution in [2.45, 2.75) is 40.3 Å². The van der Waals surface area contributed by atoms with Gasteiger partial charge in [-0.25, -0.2) is 9.79 Å². The molecule has 0 atom stereocenters. The second-order valence-electron chi connectivity index (χ2n) is 8.11. The first-order valence-corrected chi connectivity index (χ1v) is 10.6. The number of hydrogen-bond acceptors (Lipinski definition) is 5. The third-order valence-corrected chi connectivity index (χ3v) is 5.92. The number of aromatic nitrogens is 2. The number of methoxy groups -OCH3 is 2. The molecule has 0 unspecified atom stereocenters. The molecule has 1 aromatic heterocycles. The summed E-state index contributed by atoms with van der Waals surface area (Å²) in [5.74, 6) is 1.29. The van der Waals surface area contributed by atoms with E-state index in [1.165, 1.54) is 11.8 Å². The van der Waals surface area contributed by atoms with Gasteiger partial charge in [-0.15, -0.1) is 0 Å². The van der Waals surface area contributed by atoms with E-state index in [1.54, 1.807) is 23.4 Å². The monoisotopic (exact) mass is 432 g/mol. The summed E-state index contributed by atoms with van der Waals surface area (Å²) < 4.78 is 14.3. The lowest BCUT2D eigenvalue weighted by molar-refractivity contribution is 0.354. The summed E-state index contributed by atoms with van der Waals surface area (Å²) in [5, 5.41) is 7.61. The van der Waals surface area contributed by atoms with Crippen LogP contribution in [0.4, 0.5) is 5.69 Å². The van der Waals surface area contributed by atoms with Crippen molar-refractivity contribution in [2.75, 3.05) is 14.2 Å². The number of rotatable bonds is 5. The molecular weight excluding hydrogens is 404 g/mol. The number of ether oxygens (including phenoxy) is 2. The first-order valence-electron chi connectivity index (χ1n) is 10.6. The highest BCUT2D eigenvalue weighted by Crippen LogP contribution is 2.37. The summed E-state index contributed by atoms with van der Waals surface area (Å²) in [5.41, 5.74) is 7.30. The molecule has 0 fully saturated rings. The maximum atomic E-state index is 13.4. The summed E-state index contributed by atoms with van der Waals surface area (Å²) in [6.07, 6.45) is 1.94. The molecule has 0 saturated carbocycles. The van der Waals surface area contributed by atoms with Crippen molar-refractivity contribution in [1.82, 2.24) is 9.13 Å². The highest BCUT2D eigenvalue weighted by Gasteiger charge is 2.22. The average Bonchev–Trinajstić information content (AvgIpc) is 2.77. The molecule has 0 amide bonds. The molecule has 1 aliphatic heterocycles. The van der Waals surface area contributed by atoms with Crippen LogP contribution in [-0.4, -0.2) is 29.6 Å². The lowest BCUT2D eigenvalue weighted by Gasteiger charge is -2.24. The van der Waals surface area contributed by atoms with E-state index < -0.39 is 0 Å². The fourth-order valence-corrected chi connectivity index (χ4v) is 4.48. The number of nitrogens with one attached hydrogen (secondary N) is 1. The van der Waals surface area contributed by atoms with Gasteiger partial charge in [0.25, 0.3) is 0 Å². The fourth-order valence-electron chi connectivity index (χ4n) is 4.48. The summed E-state index contributed by atoms with van der Waals surface area (Å²) in [6, 6.07) is 10.0. The van der Waals surface area contributed by atoms with Gasteiger partial charge in [0.2, 0.25) is 0 Å². The van der Waals surface area contributed by atoms with Gasteiger partial charge in [0, 0.05) is 24.4 Å². The highest BCUT2D eigenvalue weighted by molar-refractivity contribution is 5.70. The molecule has 0 spiro atoms. The lowest BCUT2D eigenvalue weighted by atomic mass is 9.97. The van der Waals surface area contributed by atoms with Crippen molar-refractivity contribution in [3.63, 3.8) is 0 Å². The van der Waals surface area contributed by atoms with Crippen LogP contribution in [0.15, 0.2) is 40.1 Å². The summed E-state index contributed by atoms with van der Waals surface area (Å²) >= 11 is 0. The molecule has 1 aliphatic rings. The van der Waals surface area contributed by atoms with Crippen molar-refractivity contribution in [2.24, 2.45) is 4.99 Å². The Morgan fingerprint density at radius 2 is 1.69 bits per heavy atom. The Labute approximate surface area is 187 Å². The van der Waals surface area contributed by atoms with E-state index in [-0.39, 0.29) is 12.2 Å². The molecule has 0 saturated heterocycles. The predicted molar refractivity (Wildman–Crippen MR) is 126 cm³/mol. The topological polar surface area (TPSA) is 81.6 Å². The summed E-state index contributed by atoms with van der Waals surface area (Å²) in [7, 11) is 3.22. The van der Waals surface area contributed by atoms with Crippen LogP contribution in [0.5, 0.6) is 11.5 Å². The van der Waals surface area contributed by atoms with Crippen molar-refractivity contribution >= 4 is 11.9 Å². The smallest absolute Gasteiger partial charge is 0.330 e. The molecule has 0 aliphatic carbocycles. The molecule has 0 radical (unpaired) electrons. The van der Waals surface area contributed by atoms with Crippen LogP contribution < -0.4 is 20.7 Å². The van der Waals surface area contributed by atoms with Gasteiger partial charge in [-0.1, -0.05) is 17.7 Å². The van der Waals surface area contributed by atoms with E-state index in [0.717, 1.165) is 33.6 Å². The minimum Gasteiger partial charge on any atom is -0.493 e. The average molecular weight is 433 g/mol. The Bertz CT molecular complexity index is 1330. The summed E-state index contributed by atoms with van der Waals surface area (Å²) in [6.45, 7) is 6.83. The van der Waals surface area contributed by atoms with E-state index in [9.17, 15) is 4.79 Å². The third kappa shape index (κ3) is 3.64. The molecule has 32 heavy (non-hydrogen) atoms. The quantitative estimate of drug-likeness (QED) is 0.624. The summed E-state index contributed by atoms with van der Waals surface area (Å²) in [4.78, 5) is 18.3. The molecule has 166 valence electrons. The van der Waals surface area contributed by atoms with E-state index in [1.807, 2.05) is 32.0 Å². The zero-order valence-electron chi connectivity index (χ0n) is 19.2. The SMILES string of the molecule is COc1cc2c(cc1OC)-c1cc(=Nc3c(C)cc(C)cc3C)n(CC=N)c(=O)n1CC2. The number of aryl methyl sites for hydroxylation is 4. The number of benzene rings is 2. The number of fused-ring (bicyclic) bond motifs is 3. The third-order valence-electron chi connectivity index (χ3n) is 5.92. The van der Waals surface area contributed by atoms with Crippen LogP contribution in [0.25, 0.3) is 11.3 Å². The highest BCUT2D eigenvalue weighted by atomic mass is 16.5. The van der Waals surface area contributed by atoms with Gasteiger partial charge in [-0.3, -0.25) is 9.13 Å².